The van der Waals surface area contributed by atoms with E-state index in [1.165, 1.54) is 5.56 Å². The van der Waals surface area contributed by atoms with E-state index in [2.05, 4.69) is 52.5 Å². The third-order valence-corrected chi connectivity index (χ3v) is 3.98. The molecule has 0 aromatic heterocycles. The number of hydrogen-bond donors (Lipinski definition) is 2. The lowest BCUT2D eigenvalue weighted by molar-refractivity contribution is 0.352. The fourth-order valence-corrected chi connectivity index (χ4v) is 2.62. The van der Waals surface area contributed by atoms with Gasteiger partial charge in [-0.15, -0.1) is 0 Å². The molecule has 1 atom stereocenters. The lowest BCUT2D eigenvalue weighted by Crippen LogP contribution is -2.32. The molecule has 0 saturated carbocycles. The van der Waals surface area contributed by atoms with Crippen molar-refractivity contribution in [2.45, 2.75) is 20.4 Å². The summed E-state index contributed by atoms with van der Waals surface area (Å²) in [7, 11) is 3.69. The van der Waals surface area contributed by atoms with Gasteiger partial charge in [-0.25, -0.2) is 0 Å². The monoisotopic (exact) mass is 328 g/mol. The zero-order chi connectivity index (χ0) is 14.3. The van der Waals surface area contributed by atoms with Crippen molar-refractivity contribution in [1.29, 1.82) is 0 Å². The Morgan fingerprint density at radius 2 is 2.00 bits per heavy atom. The van der Waals surface area contributed by atoms with Crippen LogP contribution in [0.3, 0.4) is 0 Å². The Morgan fingerprint density at radius 3 is 2.53 bits per heavy atom. The lowest BCUT2D eigenvalue weighted by atomic mass is 9.96. The highest BCUT2D eigenvalue weighted by Crippen LogP contribution is 2.25. The van der Waals surface area contributed by atoms with E-state index in [1.54, 1.807) is 7.11 Å². The third-order valence-electron chi connectivity index (χ3n) is 3.36. The van der Waals surface area contributed by atoms with Gasteiger partial charge in [-0.1, -0.05) is 19.9 Å². The first-order valence-corrected chi connectivity index (χ1v) is 7.55. The quantitative estimate of drug-likeness (QED) is 0.769. The lowest BCUT2D eigenvalue weighted by Gasteiger charge is -2.21. The summed E-state index contributed by atoms with van der Waals surface area (Å²) >= 11 is 3.51. The normalized spacial score (nSPS) is 12.7. The summed E-state index contributed by atoms with van der Waals surface area (Å²) in [5, 5.41) is 6.79. The maximum absolute atomic E-state index is 5.23. The topological polar surface area (TPSA) is 33.3 Å². The molecule has 1 aromatic rings. The molecule has 4 heteroatoms. The van der Waals surface area contributed by atoms with Gasteiger partial charge >= 0.3 is 0 Å². The number of rotatable bonds is 8. The minimum atomic E-state index is 0.659. The van der Waals surface area contributed by atoms with Gasteiger partial charge in [0.15, 0.2) is 0 Å². The standard InChI is InChI=1S/C15H25BrN2O/c1-11(2)13(9-17-3)10-18-8-12-5-6-15(19-4)14(16)7-12/h5-7,11,13,17-18H,8-10H2,1-4H3. The Hall–Kier alpha value is -0.580. The molecule has 108 valence electrons. The summed E-state index contributed by atoms with van der Waals surface area (Å²) in [4.78, 5) is 0. The van der Waals surface area contributed by atoms with Gasteiger partial charge in [0.1, 0.15) is 5.75 Å². The number of benzene rings is 1. The number of methoxy groups -OCH3 is 1. The average Bonchev–Trinajstić information content (AvgIpc) is 2.37. The molecule has 0 spiro atoms. The molecule has 1 aromatic carbocycles. The van der Waals surface area contributed by atoms with Crippen LogP contribution in [0.15, 0.2) is 22.7 Å². The summed E-state index contributed by atoms with van der Waals surface area (Å²) < 4.78 is 6.24. The molecule has 0 heterocycles. The van der Waals surface area contributed by atoms with E-state index in [0.717, 1.165) is 29.9 Å². The summed E-state index contributed by atoms with van der Waals surface area (Å²) in [6.45, 7) is 7.51. The van der Waals surface area contributed by atoms with E-state index in [9.17, 15) is 0 Å². The van der Waals surface area contributed by atoms with Gasteiger partial charge < -0.3 is 15.4 Å². The number of ether oxygens (including phenoxy) is 1. The first kappa shape index (κ1) is 16.5. The fourth-order valence-electron chi connectivity index (χ4n) is 2.03. The van der Waals surface area contributed by atoms with Crippen LogP contribution in [0.4, 0.5) is 0 Å². The van der Waals surface area contributed by atoms with Crippen LogP contribution in [0.1, 0.15) is 19.4 Å². The van der Waals surface area contributed by atoms with Crippen molar-refractivity contribution in [3.8, 4) is 5.75 Å². The molecule has 0 aliphatic heterocycles. The summed E-state index contributed by atoms with van der Waals surface area (Å²) in [5.74, 6) is 2.22. The molecule has 1 unspecified atom stereocenters. The van der Waals surface area contributed by atoms with Crippen molar-refractivity contribution < 1.29 is 4.74 Å². The van der Waals surface area contributed by atoms with Crippen molar-refractivity contribution in [2.24, 2.45) is 11.8 Å². The van der Waals surface area contributed by atoms with E-state index in [-0.39, 0.29) is 0 Å². The van der Waals surface area contributed by atoms with Crippen LogP contribution >= 0.6 is 15.9 Å². The molecule has 0 radical (unpaired) electrons. The van der Waals surface area contributed by atoms with Crippen molar-refractivity contribution >= 4 is 15.9 Å². The SMILES string of the molecule is CNCC(CNCc1ccc(OC)c(Br)c1)C(C)C. The fraction of sp³-hybridized carbons (Fsp3) is 0.600. The van der Waals surface area contributed by atoms with Gasteiger partial charge in [0, 0.05) is 6.54 Å². The maximum atomic E-state index is 5.23. The molecule has 0 amide bonds. The summed E-state index contributed by atoms with van der Waals surface area (Å²) in [6.07, 6.45) is 0. The van der Waals surface area contributed by atoms with Crippen LogP contribution in [-0.2, 0) is 6.54 Å². The predicted octanol–water partition coefficient (Wildman–Crippen LogP) is 3.04. The second kappa shape index (κ2) is 8.56. The molecule has 3 nitrogen and oxygen atoms in total. The van der Waals surface area contributed by atoms with E-state index in [1.807, 2.05) is 13.1 Å². The molecular formula is C15H25BrN2O. The first-order chi connectivity index (χ1) is 9.08. The van der Waals surface area contributed by atoms with Crippen molar-refractivity contribution in [2.75, 3.05) is 27.2 Å². The van der Waals surface area contributed by atoms with E-state index in [4.69, 9.17) is 4.74 Å². The zero-order valence-corrected chi connectivity index (χ0v) is 13.9. The van der Waals surface area contributed by atoms with Gasteiger partial charge in [-0.3, -0.25) is 0 Å². The van der Waals surface area contributed by atoms with Crippen molar-refractivity contribution in [3.05, 3.63) is 28.2 Å². The van der Waals surface area contributed by atoms with Crippen LogP contribution < -0.4 is 15.4 Å². The average molecular weight is 329 g/mol. The number of halogens is 1. The number of hydrogen-bond acceptors (Lipinski definition) is 3. The Labute approximate surface area is 125 Å². The van der Waals surface area contributed by atoms with Crippen molar-refractivity contribution in [1.82, 2.24) is 10.6 Å². The largest absolute Gasteiger partial charge is 0.496 e. The first-order valence-electron chi connectivity index (χ1n) is 6.76. The molecule has 0 aliphatic carbocycles. The minimum absolute atomic E-state index is 0.659. The van der Waals surface area contributed by atoms with Crippen LogP contribution in [0.2, 0.25) is 0 Å². The molecule has 2 N–H and O–H groups in total. The highest BCUT2D eigenvalue weighted by atomic mass is 79.9. The molecule has 0 fully saturated rings. The molecular weight excluding hydrogens is 304 g/mol. The summed E-state index contributed by atoms with van der Waals surface area (Å²) in [5.41, 5.74) is 1.26. The minimum Gasteiger partial charge on any atom is -0.496 e. The van der Waals surface area contributed by atoms with Gasteiger partial charge in [0.2, 0.25) is 0 Å². The second-order valence-corrected chi connectivity index (χ2v) is 6.02. The molecule has 1 rings (SSSR count). The second-order valence-electron chi connectivity index (χ2n) is 5.16. The van der Waals surface area contributed by atoms with E-state index < -0.39 is 0 Å². The maximum Gasteiger partial charge on any atom is 0.133 e. The Balaban J connectivity index is 2.46. The molecule has 0 aliphatic rings. The third kappa shape index (κ3) is 5.51. The Bertz CT molecular complexity index is 382. The van der Waals surface area contributed by atoms with E-state index in [0.29, 0.717) is 11.8 Å². The van der Waals surface area contributed by atoms with Crippen molar-refractivity contribution in [3.63, 3.8) is 0 Å². The van der Waals surface area contributed by atoms with Gasteiger partial charge in [-0.05, 0) is 65.6 Å². The number of nitrogens with one attached hydrogen (secondary N) is 2. The highest BCUT2D eigenvalue weighted by molar-refractivity contribution is 9.10. The van der Waals surface area contributed by atoms with Crippen LogP contribution in [0, 0.1) is 11.8 Å². The molecule has 19 heavy (non-hydrogen) atoms. The van der Waals surface area contributed by atoms with Crippen LogP contribution in [0.5, 0.6) is 5.75 Å². The zero-order valence-electron chi connectivity index (χ0n) is 12.3. The molecule has 0 saturated heterocycles. The van der Waals surface area contributed by atoms with Crippen LogP contribution in [-0.4, -0.2) is 27.2 Å². The van der Waals surface area contributed by atoms with E-state index >= 15 is 0 Å². The van der Waals surface area contributed by atoms with Gasteiger partial charge in [-0.2, -0.15) is 0 Å². The Kier molecular flexibility index (Phi) is 7.42. The smallest absolute Gasteiger partial charge is 0.133 e. The highest BCUT2D eigenvalue weighted by Gasteiger charge is 2.11. The predicted molar refractivity (Wildman–Crippen MR) is 84.7 cm³/mol. The summed E-state index contributed by atoms with van der Waals surface area (Å²) in [6, 6.07) is 6.20. The van der Waals surface area contributed by atoms with Gasteiger partial charge in [0.25, 0.3) is 0 Å². The molecule has 0 bridgehead atoms. The van der Waals surface area contributed by atoms with Crippen LogP contribution in [0.25, 0.3) is 0 Å². The van der Waals surface area contributed by atoms with Gasteiger partial charge in [0.05, 0.1) is 11.6 Å². The Morgan fingerprint density at radius 1 is 1.26 bits per heavy atom.